The minimum Gasteiger partial charge on any atom is -0.396 e. The summed E-state index contributed by atoms with van der Waals surface area (Å²) in [6.45, 7) is 13.5. The maximum atomic E-state index is 12.4. The highest BCUT2D eigenvalue weighted by atomic mass is 16.7. The van der Waals surface area contributed by atoms with Gasteiger partial charge in [-0.05, 0) is 97.2 Å². The molecule has 1 heterocycles. The number of rotatable bonds is 5. The van der Waals surface area contributed by atoms with E-state index >= 15 is 0 Å². The third kappa shape index (κ3) is 4.73. The van der Waals surface area contributed by atoms with Gasteiger partial charge in [0.15, 0.2) is 6.29 Å². The van der Waals surface area contributed by atoms with Crippen molar-refractivity contribution in [3.8, 4) is 0 Å². The van der Waals surface area contributed by atoms with Gasteiger partial charge in [-0.1, -0.05) is 53.2 Å². The Hall–Kier alpha value is -0.620. The Bertz CT molecular complexity index is 1160. The number of hydrogen-bond donors (Lipinski definition) is 7. The van der Waals surface area contributed by atoms with E-state index < -0.39 is 60.4 Å². The number of ether oxygens (including phenoxy) is 2. The molecule has 45 heavy (non-hydrogen) atoms. The summed E-state index contributed by atoms with van der Waals surface area (Å²) in [5.74, 6) is 0.639. The van der Waals surface area contributed by atoms with E-state index in [9.17, 15) is 35.7 Å². The summed E-state index contributed by atoms with van der Waals surface area (Å²) in [5, 5.41) is 75.1. The molecule has 0 aromatic heterocycles. The Balaban J connectivity index is 1.35. The first kappa shape index (κ1) is 34.3. The maximum absolute atomic E-state index is 12.4. The van der Waals surface area contributed by atoms with Crippen molar-refractivity contribution in [1.29, 1.82) is 0 Å². The molecule has 15 atom stereocenters. The Labute approximate surface area is 269 Å². The molecule has 0 radical (unpaired) electrons. The number of aliphatic hydroxyl groups is 7. The summed E-state index contributed by atoms with van der Waals surface area (Å²) in [5.41, 5.74) is 0.00334. The monoisotopic (exact) mass is 636 g/mol. The molecule has 7 N–H and O–H groups in total. The molecule has 9 heteroatoms. The van der Waals surface area contributed by atoms with Crippen molar-refractivity contribution < 1.29 is 45.2 Å². The fourth-order valence-corrected chi connectivity index (χ4v) is 12.2. The number of aliphatic hydroxyl groups excluding tert-OH is 7. The molecular formula is C36H60O9. The van der Waals surface area contributed by atoms with Crippen LogP contribution in [0.25, 0.3) is 0 Å². The molecular weight excluding hydrogens is 576 g/mol. The van der Waals surface area contributed by atoms with Gasteiger partial charge in [0.1, 0.15) is 24.4 Å². The molecule has 0 spiro atoms. The van der Waals surface area contributed by atoms with Crippen molar-refractivity contribution in [3.05, 3.63) is 11.6 Å². The molecule has 1 saturated heterocycles. The second-order valence-electron chi connectivity index (χ2n) is 17.9. The number of fused-ring (bicyclic) bond motifs is 7. The molecule has 0 amide bonds. The summed E-state index contributed by atoms with van der Waals surface area (Å²) >= 11 is 0. The smallest absolute Gasteiger partial charge is 0.186 e. The van der Waals surface area contributed by atoms with Crippen LogP contribution in [0, 0.1) is 50.2 Å². The van der Waals surface area contributed by atoms with E-state index in [2.05, 4.69) is 47.6 Å². The van der Waals surface area contributed by atoms with Crippen LogP contribution in [0.4, 0.5) is 0 Å². The summed E-state index contributed by atoms with van der Waals surface area (Å²) in [7, 11) is 0. The highest BCUT2D eigenvalue weighted by molar-refractivity contribution is 5.35. The lowest BCUT2D eigenvalue weighted by Gasteiger charge is -2.72. The zero-order chi connectivity index (χ0) is 33.0. The lowest BCUT2D eigenvalue weighted by Crippen LogP contribution is -2.67. The van der Waals surface area contributed by atoms with Crippen LogP contribution in [0.15, 0.2) is 11.6 Å². The molecule has 1 aliphatic heterocycles. The van der Waals surface area contributed by atoms with E-state index in [1.54, 1.807) is 0 Å². The molecule has 0 aromatic carbocycles. The van der Waals surface area contributed by atoms with Crippen LogP contribution in [0.1, 0.15) is 99.3 Å². The second kappa shape index (κ2) is 11.2. The van der Waals surface area contributed by atoms with E-state index in [1.807, 2.05) is 0 Å². The van der Waals surface area contributed by atoms with Gasteiger partial charge in [-0.2, -0.15) is 0 Å². The molecule has 5 aliphatic carbocycles. The van der Waals surface area contributed by atoms with Gasteiger partial charge in [-0.15, -0.1) is 0 Å². The SMILES string of the molecule is CC1(C)CCC2(COC3OC(CO)C(O)C(O)C3O)C(O)CC3(C)C(=CCC4C5(C)CCC(O)C(C)(CO)C5CCC43C)C2C1. The van der Waals surface area contributed by atoms with Crippen LogP contribution < -0.4 is 0 Å². The third-order valence-corrected chi connectivity index (χ3v) is 15.4. The average molecular weight is 637 g/mol. The predicted octanol–water partition coefficient (Wildman–Crippen LogP) is 2.91. The normalized spacial score (nSPS) is 55.9. The van der Waals surface area contributed by atoms with Gasteiger partial charge in [0.25, 0.3) is 0 Å². The van der Waals surface area contributed by atoms with Crippen molar-refractivity contribution in [3.63, 3.8) is 0 Å². The van der Waals surface area contributed by atoms with E-state index in [1.165, 1.54) is 5.57 Å². The number of hydrogen-bond acceptors (Lipinski definition) is 9. The lowest BCUT2D eigenvalue weighted by molar-refractivity contribution is -0.314. The van der Waals surface area contributed by atoms with Gasteiger partial charge in [-0.3, -0.25) is 0 Å². The largest absolute Gasteiger partial charge is 0.396 e. The molecule has 0 aromatic rings. The van der Waals surface area contributed by atoms with Crippen LogP contribution in [0.3, 0.4) is 0 Å². The maximum Gasteiger partial charge on any atom is 0.186 e. The van der Waals surface area contributed by atoms with Crippen molar-refractivity contribution in [2.75, 3.05) is 19.8 Å². The second-order valence-corrected chi connectivity index (χ2v) is 17.9. The molecule has 0 bridgehead atoms. The Morgan fingerprint density at radius 1 is 0.800 bits per heavy atom. The van der Waals surface area contributed by atoms with Crippen LogP contribution in [0.2, 0.25) is 0 Å². The Morgan fingerprint density at radius 3 is 2.18 bits per heavy atom. The first-order valence-electron chi connectivity index (χ1n) is 17.5. The number of allylic oxidation sites excluding steroid dienone is 2. The minimum absolute atomic E-state index is 0.0109. The van der Waals surface area contributed by atoms with Crippen molar-refractivity contribution in [1.82, 2.24) is 0 Å². The molecule has 4 saturated carbocycles. The molecule has 15 unspecified atom stereocenters. The molecule has 6 aliphatic rings. The van der Waals surface area contributed by atoms with Crippen molar-refractivity contribution >= 4 is 0 Å². The zero-order valence-electron chi connectivity index (χ0n) is 28.3. The molecule has 6 rings (SSSR count). The quantitative estimate of drug-likeness (QED) is 0.225. The molecule has 9 nitrogen and oxygen atoms in total. The van der Waals surface area contributed by atoms with Crippen LogP contribution in [-0.2, 0) is 9.47 Å². The standard InChI is InChI=1S/C36H60O9/c1-31(2)13-14-36(19-44-30-29(43)28(42)27(41)22(17-37)45-30)21(15-31)20-7-8-24-32(3)11-10-25(39)33(4,18-38)23(32)9-12-34(24,5)35(20,6)16-26(36)40/h7,21-30,37-43H,8-19H2,1-6H3. The topological polar surface area (TPSA) is 160 Å². The highest BCUT2D eigenvalue weighted by Crippen LogP contribution is 2.75. The van der Waals surface area contributed by atoms with Crippen molar-refractivity contribution in [2.45, 2.75) is 142 Å². The first-order valence-corrected chi connectivity index (χ1v) is 17.5. The van der Waals surface area contributed by atoms with E-state index in [0.29, 0.717) is 18.8 Å². The van der Waals surface area contributed by atoms with Crippen LogP contribution >= 0.6 is 0 Å². The molecule has 258 valence electrons. The van der Waals surface area contributed by atoms with Crippen molar-refractivity contribution in [2.24, 2.45) is 50.2 Å². The highest BCUT2D eigenvalue weighted by Gasteiger charge is 2.70. The summed E-state index contributed by atoms with van der Waals surface area (Å²) < 4.78 is 12.0. The predicted molar refractivity (Wildman–Crippen MR) is 168 cm³/mol. The zero-order valence-corrected chi connectivity index (χ0v) is 28.3. The van der Waals surface area contributed by atoms with Crippen LogP contribution in [-0.4, -0.2) is 98.5 Å². The van der Waals surface area contributed by atoms with Crippen LogP contribution in [0.5, 0.6) is 0 Å². The minimum atomic E-state index is -1.51. The van der Waals surface area contributed by atoms with Gasteiger partial charge in [0.2, 0.25) is 0 Å². The van der Waals surface area contributed by atoms with Gasteiger partial charge in [0, 0.05) is 10.8 Å². The lowest BCUT2D eigenvalue weighted by atomic mass is 9.33. The summed E-state index contributed by atoms with van der Waals surface area (Å²) in [6, 6.07) is 0. The summed E-state index contributed by atoms with van der Waals surface area (Å²) in [6.07, 6.45) is 2.26. The van der Waals surface area contributed by atoms with Gasteiger partial charge in [-0.25, -0.2) is 0 Å². The first-order chi connectivity index (χ1) is 20.9. The summed E-state index contributed by atoms with van der Waals surface area (Å²) in [4.78, 5) is 0. The third-order valence-electron chi connectivity index (χ3n) is 15.4. The Morgan fingerprint density at radius 2 is 1.51 bits per heavy atom. The van der Waals surface area contributed by atoms with E-state index in [4.69, 9.17) is 9.47 Å². The van der Waals surface area contributed by atoms with Gasteiger partial charge >= 0.3 is 0 Å². The fourth-order valence-electron chi connectivity index (χ4n) is 12.2. The Kier molecular flexibility index (Phi) is 8.53. The van der Waals surface area contributed by atoms with E-state index in [-0.39, 0.29) is 46.7 Å². The van der Waals surface area contributed by atoms with E-state index in [0.717, 1.165) is 44.9 Å². The average Bonchev–Trinajstić information content (AvgIpc) is 2.98. The van der Waals surface area contributed by atoms with Gasteiger partial charge in [0.05, 0.1) is 32.0 Å². The fraction of sp³-hybridized carbons (Fsp3) is 0.944. The molecule has 5 fully saturated rings. The van der Waals surface area contributed by atoms with Gasteiger partial charge < -0.3 is 45.2 Å².